The van der Waals surface area contributed by atoms with Crippen LogP contribution in [0.25, 0.3) is 10.9 Å². The summed E-state index contributed by atoms with van der Waals surface area (Å²) in [5.74, 6) is 0.868. The number of nitrogens with one attached hydrogen (secondary N) is 2. The SMILES string of the molecule is NC(=O)C1=CN=C2N=NC=C2C1.O=C(NCCc1ccc(OCc2ccccc2)cc1)c1cc2cnccc2[nH]1. The number of H-pyrrole nitrogens is 1. The number of primary amides is 1. The van der Waals surface area contributed by atoms with Crippen LogP contribution in [0, 0.1) is 0 Å². The molecule has 4 N–H and O–H groups in total. The number of aromatic nitrogens is 2. The Hall–Kier alpha value is -5.38. The lowest BCUT2D eigenvalue weighted by Gasteiger charge is -2.08. The van der Waals surface area contributed by atoms with Gasteiger partial charge in [0.25, 0.3) is 5.91 Å². The van der Waals surface area contributed by atoms with Crippen LogP contribution in [0.2, 0.25) is 0 Å². The minimum atomic E-state index is -0.439. The number of aromatic amines is 1. The Bertz CT molecular complexity index is 1600. The molecule has 2 aliphatic heterocycles. The number of aliphatic imine (C=N–C) groups is 1. The molecule has 0 bridgehead atoms. The number of benzene rings is 2. The number of hydrogen-bond acceptors (Lipinski definition) is 7. The highest BCUT2D eigenvalue weighted by atomic mass is 16.5. The number of pyridine rings is 1. The van der Waals surface area contributed by atoms with E-state index < -0.39 is 5.91 Å². The summed E-state index contributed by atoms with van der Waals surface area (Å²) in [7, 11) is 0. The summed E-state index contributed by atoms with van der Waals surface area (Å²) in [6.07, 6.45) is 7.72. The Morgan fingerprint density at radius 3 is 2.60 bits per heavy atom. The van der Waals surface area contributed by atoms with Crippen LogP contribution in [0.5, 0.6) is 5.75 Å². The standard InChI is InChI=1S/C23H21N3O2.C7H6N4O/c27-23(22-14-19-15-24-12-11-21(19)26-22)25-13-10-17-6-8-20(9-7-17)28-16-18-4-2-1-3-5-18;8-6(12)4-1-5-3-10-11-7(5)9-2-4/h1-9,11-12,14-15,26H,10,13,16H2,(H,25,27);2-3H,1H2,(H2,8,12). The van der Waals surface area contributed by atoms with Gasteiger partial charge in [-0.25, -0.2) is 4.99 Å². The van der Waals surface area contributed by atoms with Gasteiger partial charge < -0.3 is 20.8 Å². The van der Waals surface area contributed by atoms with Crippen molar-refractivity contribution in [3.8, 4) is 5.75 Å². The van der Waals surface area contributed by atoms with E-state index in [1.807, 2.05) is 66.7 Å². The number of azo groups is 1. The largest absolute Gasteiger partial charge is 0.489 e. The Morgan fingerprint density at radius 1 is 1.00 bits per heavy atom. The fourth-order valence-corrected chi connectivity index (χ4v) is 4.05. The molecule has 2 aromatic heterocycles. The van der Waals surface area contributed by atoms with Crippen molar-refractivity contribution >= 4 is 28.6 Å². The van der Waals surface area contributed by atoms with Gasteiger partial charge in [0.1, 0.15) is 18.1 Å². The zero-order valence-electron chi connectivity index (χ0n) is 21.6. The zero-order chi connectivity index (χ0) is 27.7. The van der Waals surface area contributed by atoms with Gasteiger partial charge in [-0.1, -0.05) is 42.5 Å². The zero-order valence-corrected chi connectivity index (χ0v) is 21.6. The summed E-state index contributed by atoms with van der Waals surface area (Å²) in [5, 5.41) is 11.3. The van der Waals surface area contributed by atoms with Crippen molar-refractivity contribution in [2.24, 2.45) is 21.0 Å². The number of rotatable bonds is 8. The van der Waals surface area contributed by atoms with Crippen LogP contribution >= 0.6 is 0 Å². The van der Waals surface area contributed by atoms with Crippen LogP contribution in [0.3, 0.4) is 0 Å². The molecule has 0 fully saturated rings. The van der Waals surface area contributed by atoms with Crippen molar-refractivity contribution < 1.29 is 14.3 Å². The maximum atomic E-state index is 12.3. The van der Waals surface area contributed by atoms with E-state index in [1.165, 1.54) is 6.20 Å². The van der Waals surface area contributed by atoms with Crippen molar-refractivity contribution in [3.63, 3.8) is 0 Å². The first-order valence-corrected chi connectivity index (χ1v) is 12.7. The van der Waals surface area contributed by atoms with Crippen LogP contribution in [-0.4, -0.2) is 34.2 Å². The Balaban J connectivity index is 0.000000223. The van der Waals surface area contributed by atoms with Gasteiger partial charge in [-0.3, -0.25) is 14.6 Å². The predicted molar refractivity (Wildman–Crippen MR) is 152 cm³/mol. The van der Waals surface area contributed by atoms with Crippen LogP contribution in [0.4, 0.5) is 0 Å². The molecule has 0 spiro atoms. The van der Waals surface area contributed by atoms with E-state index in [1.54, 1.807) is 18.6 Å². The van der Waals surface area contributed by atoms with Gasteiger partial charge in [0.05, 0.1) is 6.20 Å². The highest BCUT2D eigenvalue weighted by molar-refractivity contribution is 6.05. The third kappa shape index (κ3) is 6.73. The molecule has 10 heteroatoms. The minimum Gasteiger partial charge on any atom is -0.489 e. The van der Waals surface area contributed by atoms with Gasteiger partial charge in [-0.2, -0.15) is 5.11 Å². The summed E-state index contributed by atoms with van der Waals surface area (Å²) in [6, 6.07) is 21.7. The molecule has 6 rings (SSSR count). The Labute approximate surface area is 230 Å². The molecule has 0 atom stereocenters. The molecule has 0 unspecified atom stereocenters. The molecule has 2 amide bonds. The lowest BCUT2D eigenvalue weighted by molar-refractivity contribution is -0.114. The molecule has 2 aromatic carbocycles. The normalized spacial score (nSPS) is 13.3. The van der Waals surface area contributed by atoms with E-state index in [2.05, 4.69) is 30.5 Å². The van der Waals surface area contributed by atoms with Crippen molar-refractivity contribution in [2.75, 3.05) is 6.54 Å². The number of ether oxygens (including phenoxy) is 1. The van der Waals surface area contributed by atoms with Crippen LogP contribution in [-0.2, 0) is 17.8 Å². The molecule has 200 valence electrons. The van der Waals surface area contributed by atoms with E-state index in [-0.39, 0.29) is 5.91 Å². The van der Waals surface area contributed by atoms with Crippen LogP contribution in [0.1, 0.15) is 28.0 Å². The Morgan fingerprint density at radius 2 is 1.82 bits per heavy atom. The highest BCUT2D eigenvalue weighted by Gasteiger charge is 2.19. The van der Waals surface area contributed by atoms with Gasteiger partial charge in [0.2, 0.25) is 5.91 Å². The second kappa shape index (κ2) is 12.4. The summed E-state index contributed by atoms with van der Waals surface area (Å²) in [6.45, 7) is 1.12. The first kappa shape index (κ1) is 26.2. The van der Waals surface area contributed by atoms with Crippen molar-refractivity contribution in [2.45, 2.75) is 19.4 Å². The van der Waals surface area contributed by atoms with Gasteiger partial charge >= 0.3 is 0 Å². The number of carbonyl (C=O) groups excluding carboxylic acids is 2. The smallest absolute Gasteiger partial charge is 0.267 e. The van der Waals surface area contributed by atoms with E-state index in [4.69, 9.17) is 10.5 Å². The van der Waals surface area contributed by atoms with Gasteiger partial charge in [0, 0.05) is 53.6 Å². The first-order chi connectivity index (χ1) is 19.5. The number of hydrogen-bond donors (Lipinski definition) is 3. The van der Waals surface area contributed by atoms with Crippen molar-refractivity contribution in [1.82, 2.24) is 15.3 Å². The van der Waals surface area contributed by atoms with E-state index in [9.17, 15) is 9.59 Å². The molecule has 0 saturated heterocycles. The lowest BCUT2D eigenvalue weighted by atomic mass is 10.0. The summed E-state index contributed by atoms with van der Waals surface area (Å²) >= 11 is 0. The molecule has 0 saturated carbocycles. The molecule has 4 aromatic rings. The fraction of sp³-hybridized carbons (Fsp3) is 0.133. The fourth-order valence-electron chi connectivity index (χ4n) is 4.05. The summed E-state index contributed by atoms with van der Waals surface area (Å²) < 4.78 is 5.80. The second-order valence-electron chi connectivity index (χ2n) is 9.09. The molecular formula is C30H27N7O3. The average molecular weight is 534 g/mol. The average Bonchev–Trinajstić information content (AvgIpc) is 3.64. The molecule has 0 aliphatic carbocycles. The third-order valence-corrected chi connectivity index (χ3v) is 6.23. The summed E-state index contributed by atoms with van der Waals surface area (Å²) in [5.41, 5.74) is 10.2. The molecule has 40 heavy (non-hydrogen) atoms. The predicted octanol–water partition coefficient (Wildman–Crippen LogP) is 4.62. The van der Waals surface area contributed by atoms with Crippen LogP contribution < -0.4 is 15.8 Å². The Kier molecular flexibility index (Phi) is 8.16. The van der Waals surface area contributed by atoms with Crippen molar-refractivity contribution in [1.29, 1.82) is 0 Å². The second-order valence-corrected chi connectivity index (χ2v) is 9.09. The van der Waals surface area contributed by atoms with Crippen LogP contribution in [0.15, 0.2) is 118 Å². The van der Waals surface area contributed by atoms with E-state index in [0.29, 0.717) is 36.7 Å². The molecule has 4 heterocycles. The van der Waals surface area contributed by atoms with E-state index >= 15 is 0 Å². The topological polar surface area (TPSA) is 147 Å². The number of nitrogens with two attached hydrogens (primary N) is 1. The third-order valence-electron chi connectivity index (χ3n) is 6.23. The van der Waals surface area contributed by atoms with Gasteiger partial charge in [-0.15, -0.1) is 5.11 Å². The number of nitrogens with zero attached hydrogens (tertiary/aromatic N) is 4. The van der Waals surface area contributed by atoms with Gasteiger partial charge in [-0.05, 0) is 41.8 Å². The molecule has 2 aliphatic rings. The monoisotopic (exact) mass is 533 g/mol. The van der Waals surface area contributed by atoms with Crippen molar-refractivity contribution in [3.05, 3.63) is 119 Å². The molecule has 0 radical (unpaired) electrons. The highest BCUT2D eigenvalue weighted by Crippen LogP contribution is 2.22. The van der Waals surface area contributed by atoms with E-state index in [0.717, 1.165) is 39.8 Å². The first-order valence-electron chi connectivity index (χ1n) is 12.7. The minimum absolute atomic E-state index is 0.112. The number of amidine groups is 1. The van der Waals surface area contributed by atoms with Gasteiger partial charge in [0.15, 0.2) is 5.84 Å². The number of fused-ring (bicyclic) bond motifs is 2. The number of carbonyl (C=O) groups is 2. The maximum absolute atomic E-state index is 12.3. The number of amides is 2. The quantitative estimate of drug-likeness (QED) is 0.303. The maximum Gasteiger partial charge on any atom is 0.267 e. The molecular weight excluding hydrogens is 506 g/mol. The lowest BCUT2D eigenvalue weighted by Crippen LogP contribution is -2.25. The summed E-state index contributed by atoms with van der Waals surface area (Å²) in [4.78, 5) is 34.1. The molecule has 10 nitrogen and oxygen atoms in total.